The lowest BCUT2D eigenvalue weighted by atomic mass is 9.77. The first-order valence-corrected chi connectivity index (χ1v) is 5.97. The second kappa shape index (κ2) is 6.59. The molecular formula is C11H24NOSi. The SMILES string of the molecule is CC(C)C(CCCCN)(O[Si])C(C)C. The topological polar surface area (TPSA) is 35.2 Å². The van der Waals surface area contributed by atoms with Crippen molar-refractivity contribution in [3.63, 3.8) is 0 Å². The molecule has 0 spiro atoms. The summed E-state index contributed by atoms with van der Waals surface area (Å²) in [4.78, 5) is 0. The molecule has 0 rings (SSSR count). The summed E-state index contributed by atoms with van der Waals surface area (Å²) in [5.41, 5.74) is 5.45. The third-order valence-electron chi connectivity index (χ3n) is 3.17. The highest BCUT2D eigenvalue weighted by Gasteiger charge is 2.35. The van der Waals surface area contributed by atoms with Gasteiger partial charge in [-0.1, -0.05) is 27.7 Å². The van der Waals surface area contributed by atoms with E-state index in [4.69, 9.17) is 10.2 Å². The first-order chi connectivity index (χ1) is 6.51. The Hall–Kier alpha value is 0.137. The third kappa shape index (κ3) is 3.37. The summed E-state index contributed by atoms with van der Waals surface area (Å²) in [6.45, 7) is 9.62. The lowest BCUT2D eigenvalue weighted by Gasteiger charge is -2.41. The van der Waals surface area contributed by atoms with Crippen molar-refractivity contribution in [2.75, 3.05) is 6.54 Å². The van der Waals surface area contributed by atoms with E-state index in [1.807, 2.05) is 0 Å². The predicted octanol–water partition coefficient (Wildman–Crippen LogP) is 2.27. The van der Waals surface area contributed by atoms with Crippen LogP contribution in [-0.2, 0) is 4.43 Å². The van der Waals surface area contributed by atoms with Crippen molar-refractivity contribution in [3.8, 4) is 0 Å². The summed E-state index contributed by atoms with van der Waals surface area (Å²) in [7, 11) is 3.25. The molecule has 0 aromatic rings. The highest BCUT2D eigenvalue weighted by atomic mass is 28.2. The van der Waals surface area contributed by atoms with Crippen LogP contribution < -0.4 is 5.73 Å². The van der Waals surface area contributed by atoms with E-state index in [1.54, 1.807) is 0 Å². The molecule has 2 N–H and O–H groups in total. The molecule has 0 fully saturated rings. The lowest BCUT2D eigenvalue weighted by molar-refractivity contribution is -0.0241. The number of hydrogen-bond donors (Lipinski definition) is 1. The van der Waals surface area contributed by atoms with Gasteiger partial charge in [0, 0.05) is 0 Å². The van der Waals surface area contributed by atoms with E-state index in [0.717, 1.165) is 25.8 Å². The smallest absolute Gasteiger partial charge is 0.247 e. The second-order valence-electron chi connectivity index (χ2n) is 4.61. The van der Waals surface area contributed by atoms with Crippen LogP contribution in [0.3, 0.4) is 0 Å². The van der Waals surface area contributed by atoms with E-state index < -0.39 is 0 Å². The standard InChI is InChI=1S/C11H24NOSi/c1-9(2)11(13-14,10(3)4)7-5-6-8-12/h9-10H,5-8,12H2,1-4H3. The normalized spacial score (nSPS) is 12.9. The van der Waals surface area contributed by atoms with E-state index in [1.165, 1.54) is 0 Å². The van der Waals surface area contributed by atoms with E-state index in [0.29, 0.717) is 11.8 Å². The van der Waals surface area contributed by atoms with Crippen LogP contribution in [0.25, 0.3) is 0 Å². The van der Waals surface area contributed by atoms with Crippen molar-refractivity contribution in [2.24, 2.45) is 17.6 Å². The van der Waals surface area contributed by atoms with Crippen molar-refractivity contribution >= 4 is 10.5 Å². The number of hydrogen-bond acceptors (Lipinski definition) is 2. The Balaban J connectivity index is 4.35. The summed E-state index contributed by atoms with van der Waals surface area (Å²) in [5.74, 6) is 1.02. The largest absolute Gasteiger partial charge is 0.413 e. The minimum Gasteiger partial charge on any atom is -0.413 e. The number of nitrogens with two attached hydrogens (primary N) is 1. The lowest BCUT2D eigenvalue weighted by Crippen LogP contribution is -2.43. The molecule has 0 amide bonds. The van der Waals surface area contributed by atoms with Gasteiger partial charge in [0.2, 0.25) is 10.5 Å². The minimum atomic E-state index is -0.0495. The Morgan fingerprint density at radius 3 is 1.93 bits per heavy atom. The number of unbranched alkanes of at least 4 members (excludes halogenated alkanes) is 1. The van der Waals surface area contributed by atoms with Gasteiger partial charge < -0.3 is 10.2 Å². The van der Waals surface area contributed by atoms with Crippen molar-refractivity contribution in [3.05, 3.63) is 0 Å². The van der Waals surface area contributed by atoms with Gasteiger partial charge in [-0.05, 0) is 37.6 Å². The fraction of sp³-hybridized carbons (Fsp3) is 1.00. The van der Waals surface area contributed by atoms with Crippen molar-refractivity contribution in [1.82, 2.24) is 0 Å². The van der Waals surface area contributed by atoms with Gasteiger partial charge in [-0.3, -0.25) is 0 Å². The molecule has 0 unspecified atom stereocenters. The molecule has 3 radical (unpaired) electrons. The molecule has 0 atom stereocenters. The number of rotatable bonds is 7. The molecule has 0 aliphatic heterocycles. The highest BCUT2D eigenvalue weighted by molar-refractivity contribution is 5.98. The van der Waals surface area contributed by atoms with Crippen molar-refractivity contribution in [1.29, 1.82) is 0 Å². The molecule has 0 aliphatic carbocycles. The van der Waals surface area contributed by atoms with E-state index >= 15 is 0 Å². The van der Waals surface area contributed by atoms with Crippen LogP contribution in [0, 0.1) is 11.8 Å². The summed E-state index contributed by atoms with van der Waals surface area (Å²) in [6, 6.07) is 0. The molecular weight excluding hydrogens is 190 g/mol. The van der Waals surface area contributed by atoms with Crippen LogP contribution in [0.1, 0.15) is 47.0 Å². The van der Waals surface area contributed by atoms with Crippen LogP contribution in [0.15, 0.2) is 0 Å². The third-order valence-corrected chi connectivity index (χ3v) is 3.55. The van der Waals surface area contributed by atoms with Gasteiger partial charge in [0.15, 0.2) is 0 Å². The van der Waals surface area contributed by atoms with Gasteiger partial charge in [-0.15, -0.1) is 0 Å². The van der Waals surface area contributed by atoms with Crippen LogP contribution in [0.5, 0.6) is 0 Å². The summed E-state index contributed by atoms with van der Waals surface area (Å²) in [6.07, 6.45) is 3.29. The first-order valence-electron chi connectivity index (χ1n) is 5.56. The second-order valence-corrected chi connectivity index (χ2v) is 4.82. The average molecular weight is 214 g/mol. The summed E-state index contributed by atoms with van der Waals surface area (Å²) >= 11 is 0. The molecule has 3 heteroatoms. The van der Waals surface area contributed by atoms with E-state index in [9.17, 15) is 0 Å². The first kappa shape index (κ1) is 14.1. The van der Waals surface area contributed by atoms with Gasteiger partial charge in [-0.2, -0.15) is 0 Å². The van der Waals surface area contributed by atoms with Crippen molar-refractivity contribution in [2.45, 2.75) is 52.6 Å². The van der Waals surface area contributed by atoms with E-state index in [-0.39, 0.29) is 5.60 Å². The van der Waals surface area contributed by atoms with Crippen LogP contribution >= 0.6 is 0 Å². The Morgan fingerprint density at radius 2 is 1.64 bits per heavy atom. The van der Waals surface area contributed by atoms with Crippen molar-refractivity contribution < 1.29 is 4.43 Å². The molecule has 83 valence electrons. The zero-order valence-corrected chi connectivity index (χ0v) is 11.0. The Labute approximate surface area is 92.1 Å². The zero-order valence-electron chi connectivity index (χ0n) is 9.97. The monoisotopic (exact) mass is 214 g/mol. The maximum Gasteiger partial charge on any atom is 0.247 e. The molecule has 0 bridgehead atoms. The minimum absolute atomic E-state index is 0.0495. The fourth-order valence-corrected chi connectivity index (χ4v) is 2.65. The molecule has 2 nitrogen and oxygen atoms in total. The highest BCUT2D eigenvalue weighted by Crippen LogP contribution is 2.34. The quantitative estimate of drug-likeness (QED) is 0.521. The maximum absolute atomic E-state index is 5.57. The predicted molar refractivity (Wildman–Crippen MR) is 62.2 cm³/mol. The van der Waals surface area contributed by atoms with Crippen LogP contribution in [0.4, 0.5) is 0 Å². The molecule has 0 aromatic heterocycles. The Bertz CT molecular complexity index is 140. The summed E-state index contributed by atoms with van der Waals surface area (Å²) < 4.78 is 5.57. The average Bonchev–Trinajstić information content (AvgIpc) is 2.11. The van der Waals surface area contributed by atoms with Gasteiger partial charge in [0.05, 0.1) is 5.60 Å². The fourth-order valence-electron chi connectivity index (χ4n) is 2.08. The van der Waals surface area contributed by atoms with Gasteiger partial charge >= 0.3 is 0 Å². The molecule has 0 heterocycles. The molecule has 0 aliphatic rings. The molecule has 0 aromatic carbocycles. The van der Waals surface area contributed by atoms with Gasteiger partial charge in [-0.25, -0.2) is 0 Å². The van der Waals surface area contributed by atoms with Gasteiger partial charge in [0.1, 0.15) is 0 Å². The van der Waals surface area contributed by atoms with E-state index in [2.05, 4.69) is 38.2 Å². The molecule has 0 saturated carbocycles. The van der Waals surface area contributed by atoms with Crippen LogP contribution in [-0.4, -0.2) is 22.6 Å². The van der Waals surface area contributed by atoms with Gasteiger partial charge in [0.25, 0.3) is 0 Å². The Morgan fingerprint density at radius 1 is 1.14 bits per heavy atom. The Kier molecular flexibility index (Phi) is 6.65. The van der Waals surface area contributed by atoms with Crippen LogP contribution in [0.2, 0.25) is 0 Å². The summed E-state index contributed by atoms with van der Waals surface area (Å²) in [5, 5.41) is 0. The molecule has 0 saturated heterocycles. The zero-order chi connectivity index (χ0) is 11.2. The molecule has 14 heavy (non-hydrogen) atoms. The maximum atomic E-state index is 5.57.